The summed E-state index contributed by atoms with van der Waals surface area (Å²) in [6.45, 7) is 2.38. The molecule has 1 amide bonds. The Morgan fingerprint density at radius 3 is 2.18 bits per heavy atom. The van der Waals surface area contributed by atoms with Crippen LogP contribution in [0.3, 0.4) is 0 Å². The molecule has 0 saturated heterocycles. The summed E-state index contributed by atoms with van der Waals surface area (Å²) in [4.78, 5) is 13.8. The van der Waals surface area contributed by atoms with Gasteiger partial charge in [0.25, 0.3) is 0 Å². The minimum Gasteiger partial charge on any atom is -0.389 e. The number of alkyl halides is 2. The molecule has 0 heterocycles. The highest BCUT2D eigenvalue weighted by molar-refractivity contribution is 7.89. The molecule has 0 aliphatic heterocycles. The van der Waals surface area contributed by atoms with E-state index in [9.17, 15) is 22.7 Å². The van der Waals surface area contributed by atoms with Crippen molar-refractivity contribution in [3.8, 4) is 0 Å². The fraction of sp³-hybridized carbons (Fsp3) is 0.552. The fourth-order valence-electron chi connectivity index (χ4n) is 5.28. The molecule has 1 aliphatic rings. The highest BCUT2D eigenvalue weighted by Crippen LogP contribution is 2.41. The number of sulfonamides is 1. The van der Waals surface area contributed by atoms with Gasteiger partial charge in [-0.15, -0.1) is 11.6 Å². The van der Waals surface area contributed by atoms with Gasteiger partial charge < -0.3 is 10.4 Å². The third-order valence-corrected chi connectivity index (χ3v) is 10.3. The van der Waals surface area contributed by atoms with E-state index in [0.29, 0.717) is 12.0 Å². The lowest BCUT2D eigenvalue weighted by Crippen LogP contribution is -2.59. The standard InChI is InChI=1S/C29H40ClFN2O4S/c1-3-29(17-11-6-12-18-29)27(35)32-28(2,24-13-7-4-8-14-24)26(34)22-33(21-23(19-30)20-31)38(36,37)25-15-9-5-10-16-25/h4-5,7-10,13-16,23,26,34H,3,6,11-12,17-22H2,1-2H3,(H,32,35)/t23?,26-,28+/m1/s1. The maximum Gasteiger partial charge on any atom is 0.243 e. The normalized spacial score (nSPS) is 18.9. The first-order chi connectivity index (χ1) is 18.1. The highest BCUT2D eigenvalue weighted by Gasteiger charge is 2.45. The minimum atomic E-state index is -4.08. The van der Waals surface area contributed by atoms with Crippen molar-refractivity contribution < 1.29 is 22.7 Å². The summed E-state index contributed by atoms with van der Waals surface area (Å²) >= 11 is 5.94. The van der Waals surface area contributed by atoms with E-state index in [1.54, 1.807) is 25.1 Å². The smallest absolute Gasteiger partial charge is 0.243 e. The number of carbonyl (C=O) groups excluding carboxylic acids is 1. The van der Waals surface area contributed by atoms with Crippen LogP contribution in [0.15, 0.2) is 65.6 Å². The number of aliphatic hydroxyl groups excluding tert-OH is 1. The maximum atomic E-state index is 13.8. The first kappa shape index (κ1) is 30.5. The topological polar surface area (TPSA) is 86.7 Å². The van der Waals surface area contributed by atoms with Crippen LogP contribution < -0.4 is 5.32 Å². The molecule has 2 aromatic rings. The van der Waals surface area contributed by atoms with Gasteiger partial charge >= 0.3 is 0 Å². The molecule has 210 valence electrons. The summed E-state index contributed by atoms with van der Waals surface area (Å²) in [5.41, 5.74) is -1.17. The summed E-state index contributed by atoms with van der Waals surface area (Å²) in [7, 11) is -4.08. The Labute approximate surface area is 231 Å². The summed E-state index contributed by atoms with van der Waals surface area (Å²) in [5.74, 6) is -0.950. The second-order valence-corrected chi connectivity index (χ2v) is 12.8. The Morgan fingerprint density at radius 1 is 1.08 bits per heavy atom. The van der Waals surface area contributed by atoms with Gasteiger partial charge in [0.05, 0.1) is 23.2 Å². The molecule has 1 unspecified atom stereocenters. The Kier molecular flexibility index (Phi) is 10.7. The van der Waals surface area contributed by atoms with E-state index in [-0.39, 0.29) is 29.8 Å². The van der Waals surface area contributed by atoms with Gasteiger partial charge in [-0.25, -0.2) is 8.42 Å². The van der Waals surface area contributed by atoms with Crippen LogP contribution in [0.5, 0.6) is 0 Å². The summed E-state index contributed by atoms with van der Waals surface area (Å²) in [6.07, 6.45) is 3.94. The van der Waals surface area contributed by atoms with E-state index < -0.39 is 39.7 Å². The average Bonchev–Trinajstić information content (AvgIpc) is 2.96. The van der Waals surface area contributed by atoms with Gasteiger partial charge in [-0.1, -0.05) is 74.7 Å². The quantitative estimate of drug-likeness (QED) is 0.324. The van der Waals surface area contributed by atoms with Gasteiger partial charge in [-0.05, 0) is 43.9 Å². The number of hydrogen-bond donors (Lipinski definition) is 2. The number of benzene rings is 2. The Bertz CT molecular complexity index is 1130. The van der Waals surface area contributed by atoms with Crippen LogP contribution in [0.4, 0.5) is 4.39 Å². The fourth-order valence-corrected chi connectivity index (χ4v) is 7.01. The molecule has 6 nitrogen and oxygen atoms in total. The molecule has 3 atom stereocenters. The number of hydrogen-bond acceptors (Lipinski definition) is 4. The lowest BCUT2D eigenvalue weighted by Gasteiger charge is -2.43. The van der Waals surface area contributed by atoms with Crippen molar-refractivity contribution in [1.82, 2.24) is 9.62 Å². The molecule has 9 heteroatoms. The number of carbonyl (C=O) groups is 1. The summed E-state index contributed by atoms with van der Waals surface area (Å²) in [5, 5.41) is 14.9. The third kappa shape index (κ3) is 6.76. The average molecular weight is 567 g/mol. The minimum absolute atomic E-state index is 0.0389. The van der Waals surface area contributed by atoms with E-state index in [1.165, 1.54) is 12.1 Å². The number of nitrogens with one attached hydrogen (secondary N) is 1. The second kappa shape index (κ2) is 13.4. The molecule has 1 fully saturated rings. The van der Waals surface area contributed by atoms with Crippen LogP contribution >= 0.6 is 11.6 Å². The highest BCUT2D eigenvalue weighted by atomic mass is 35.5. The number of nitrogens with zero attached hydrogens (tertiary/aromatic N) is 1. The Hall–Kier alpha value is -2.00. The van der Waals surface area contributed by atoms with Crippen molar-refractivity contribution in [3.63, 3.8) is 0 Å². The van der Waals surface area contributed by atoms with E-state index in [0.717, 1.165) is 36.4 Å². The largest absolute Gasteiger partial charge is 0.389 e. The van der Waals surface area contributed by atoms with Gasteiger partial charge in [-0.3, -0.25) is 9.18 Å². The maximum absolute atomic E-state index is 13.8. The third-order valence-electron chi connectivity index (χ3n) is 8.04. The van der Waals surface area contributed by atoms with Gasteiger partial charge in [0.15, 0.2) is 0 Å². The van der Waals surface area contributed by atoms with Crippen LogP contribution in [-0.4, -0.2) is 55.5 Å². The SMILES string of the molecule is CCC1(C(=O)N[C@@](C)(c2ccccc2)[C@H](O)CN(CC(CF)CCl)S(=O)(=O)c2ccccc2)CCCCC1. The van der Waals surface area contributed by atoms with E-state index in [1.807, 2.05) is 37.3 Å². The van der Waals surface area contributed by atoms with E-state index in [2.05, 4.69) is 5.32 Å². The van der Waals surface area contributed by atoms with Gasteiger partial charge in [0.1, 0.15) is 0 Å². The monoisotopic (exact) mass is 566 g/mol. The van der Waals surface area contributed by atoms with Crippen LogP contribution in [0, 0.1) is 11.3 Å². The molecule has 2 aromatic carbocycles. The molecule has 1 aliphatic carbocycles. The van der Waals surface area contributed by atoms with Crippen molar-refractivity contribution in [2.45, 2.75) is 68.9 Å². The van der Waals surface area contributed by atoms with Crippen molar-refractivity contribution in [2.24, 2.45) is 11.3 Å². The molecule has 0 spiro atoms. The van der Waals surface area contributed by atoms with Crippen molar-refractivity contribution in [2.75, 3.05) is 25.6 Å². The van der Waals surface area contributed by atoms with Gasteiger partial charge in [0.2, 0.25) is 15.9 Å². The predicted octanol–water partition coefficient (Wildman–Crippen LogP) is 5.25. The number of rotatable bonds is 13. The lowest BCUT2D eigenvalue weighted by atomic mass is 9.70. The zero-order valence-electron chi connectivity index (χ0n) is 22.3. The van der Waals surface area contributed by atoms with Crippen LogP contribution in [-0.2, 0) is 20.4 Å². The molecular formula is C29H40ClFN2O4S. The van der Waals surface area contributed by atoms with E-state index >= 15 is 0 Å². The lowest BCUT2D eigenvalue weighted by molar-refractivity contribution is -0.137. The number of halogens is 2. The Morgan fingerprint density at radius 2 is 1.66 bits per heavy atom. The molecule has 2 N–H and O–H groups in total. The zero-order chi connectivity index (χ0) is 27.8. The predicted molar refractivity (Wildman–Crippen MR) is 149 cm³/mol. The molecule has 0 radical (unpaired) electrons. The first-order valence-corrected chi connectivity index (χ1v) is 15.3. The summed E-state index contributed by atoms with van der Waals surface area (Å²) in [6, 6.07) is 16.9. The zero-order valence-corrected chi connectivity index (χ0v) is 23.9. The molecular weight excluding hydrogens is 527 g/mol. The number of amides is 1. The summed E-state index contributed by atoms with van der Waals surface area (Å²) < 4.78 is 42.0. The van der Waals surface area contributed by atoms with Crippen molar-refractivity contribution in [3.05, 3.63) is 66.2 Å². The molecule has 38 heavy (non-hydrogen) atoms. The molecule has 3 rings (SSSR count). The molecule has 0 aromatic heterocycles. The van der Waals surface area contributed by atoms with Gasteiger partial charge in [0, 0.05) is 30.3 Å². The van der Waals surface area contributed by atoms with Crippen LogP contribution in [0.1, 0.15) is 57.9 Å². The van der Waals surface area contributed by atoms with Crippen LogP contribution in [0.25, 0.3) is 0 Å². The molecule has 0 bridgehead atoms. The van der Waals surface area contributed by atoms with Gasteiger partial charge in [-0.2, -0.15) is 4.31 Å². The van der Waals surface area contributed by atoms with Crippen molar-refractivity contribution >= 4 is 27.5 Å². The Balaban J connectivity index is 1.99. The second-order valence-electron chi connectivity index (χ2n) is 10.5. The first-order valence-electron chi connectivity index (χ1n) is 13.4. The molecule has 1 saturated carbocycles. The number of aliphatic hydroxyl groups is 1. The van der Waals surface area contributed by atoms with E-state index in [4.69, 9.17) is 11.6 Å². The van der Waals surface area contributed by atoms with Crippen molar-refractivity contribution in [1.29, 1.82) is 0 Å². The van der Waals surface area contributed by atoms with Crippen LogP contribution in [0.2, 0.25) is 0 Å².